The van der Waals surface area contributed by atoms with Crippen LogP contribution in [-0.2, 0) is 0 Å². The summed E-state index contributed by atoms with van der Waals surface area (Å²) in [5, 5.41) is 2.50. The molecule has 0 spiro atoms. The summed E-state index contributed by atoms with van der Waals surface area (Å²) in [6.45, 7) is -0.144. The van der Waals surface area contributed by atoms with Crippen molar-refractivity contribution >= 4 is 21.7 Å². The van der Waals surface area contributed by atoms with Crippen molar-refractivity contribution in [3.05, 3.63) is 33.6 Å². The van der Waals surface area contributed by atoms with Crippen LogP contribution in [0.1, 0.15) is 10.4 Å². The molecule has 0 aliphatic carbocycles. The molecule has 0 amide bonds. The summed E-state index contributed by atoms with van der Waals surface area (Å²) in [6.07, 6.45) is 0. The van der Waals surface area contributed by atoms with E-state index in [4.69, 9.17) is 0 Å². The van der Waals surface area contributed by atoms with Gasteiger partial charge in [0.1, 0.15) is 0 Å². The van der Waals surface area contributed by atoms with E-state index in [0.717, 1.165) is 6.07 Å². The standard InChI is InChI=1S/C9H7BrF3NO/c1-14-3-6(15)4-2-5(10)8(12)9(13)7(4)11/h2,14H,3H2,1H3. The van der Waals surface area contributed by atoms with Gasteiger partial charge in [-0.05, 0) is 29.0 Å². The number of benzene rings is 1. The maximum atomic E-state index is 13.1. The second kappa shape index (κ2) is 4.76. The van der Waals surface area contributed by atoms with Gasteiger partial charge in [0.2, 0.25) is 0 Å². The third-order valence-electron chi connectivity index (χ3n) is 1.74. The molecule has 0 heterocycles. The highest BCUT2D eigenvalue weighted by molar-refractivity contribution is 9.10. The van der Waals surface area contributed by atoms with Gasteiger partial charge >= 0.3 is 0 Å². The van der Waals surface area contributed by atoms with Crippen LogP contribution in [0.2, 0.25) is 0 Å². The molecule has 0 atom stereocenters. The van der Waals surface area contributed by atoms with Crippen LogP contribution < -0.4 is 5.32 Å². The molecule has 0 radical (unpaired) electrons. The molecule has 0 aliphatic heterocycles. The molecular formula is C9H7BrF3NO. The van der Waals surface area contributed by atoms with E-state index in [-0.39, 0.29) is 11.0 Å². The molecular weight excluding hydrogens is 275 g/mol. The Labute approximate surface area is 92.6 Å². The van der Waals surface area contributed by atoms with Gasteiger partial charge in [0.25, 0.3) is 0 Å². The van der Waals surface area contributed by atoms with Gasteiger partial charge in [-0.1, -0.05) is 0 Å². The van der Waals surface area contributed by atoms with Crippen LogP contribution in [0.15, 0.2) is 10.5 Å². The van der Waals surface area contributed by atoms with E-state index in [1.165, 1.54) is 7.05 Å². The van der Waals surface area contributed by atoms with E-state index in [0.29, 0.717) is 0 Å². The van der Waals surface area contributed by atoms with E-state index in [1.807, 2.05) is 0 Å². The highest BCUT2D eigenvalue weighted by atomic mass is 79.9. The smallest absolute Gasteiger partial charge is 0.196 e. The van der Waals surface area contributed by atoms with Gasteiger partial charge in [-0.3, -0.25) is 4.79 Å². The molecule has 0 saturated carbocycles. The van der Waals surface area contributed by atoms with E-state index in [1.54, 1.807) is 0 Å². The molecule has 6 heteroatoms. The van der Waals surface area contributed by atoms with Gasteiger partial charge in [-0.15, -0.1) is 0 Å². The quantitative estimate of drug-likeness (QED) is 0.523. The summed E-state index contributed by atoms with van der Waals surface area (Å²) in [5.74, 6) is -5.09. The molecule has 1 N–H and O–H groups in total. The average Bonchev–Trinajstić information content (AvgIpc) is 2.20. The largest absolute Gasteiger partial charge is 0.313 e. The lowest BCUT2D eigenvalue weighted by atomic mass is 10.1. The van der Waals surface area contributed by atoms with Crippen molar-refractivity contribution in [2.75, 3.05) is 13.6 Å². The topological polar surface area (TPSA) is 29.1 Å². The molecule has 0 aromatic heterocycles. The monoisotopic (exact) mass is 281 g/mol. The number of carbonyl (C=O) groups is 1. The van der Waals surface area contributed by atoms with E-state index in [9.17, 15) is 18.0 Å². The number of nitrogens with one attached hydrogen (secondary N) is 1. The van der Waals surface area contributed by atoms with Crippen molar-refractivity contribution in [1.82, 2.24) is 5.32 Å². The van der Waals surface area contributed by atoms with Crippen molar-refractivity contribution < 1.29 is 18.0 Å². The van der Waals surface area contributed by atoms with Gasteiger partial charge in [0.05, 0.1) is 16.6 Å². The molecule has 1 aromatic rings. The Bertz CT molecular complexity index is 409. The van der Waals surface area contributed by atoms with Crippen LogP contribution in [0.25, 0.3) is 0 Å². The Morgan fingerprint density at radius 1 is 1.33 bits per heavy atom. The minimum absolute atomic E-state index is 0.144. The highest BCUT2D eigenvalue weighted by Gasteiger charge is 2.21. The van der Waals surface area contributed by atoms with Crippen LogP contribution in [0.3, 0.4) is 0 Å². The Kier molecular flexibility index (Phi) is 3.87. The van der Waals surface area contributed by atoms with Crippen molar-refractivity contribution in [3.63, 3.8) is 0 Å². The number of hydrogen-bond acceptors (Lipinski definition) is 2. The van der Waals surface area contributed by atoms with Gasteiger partial charge < -0.3 is 5.32 Å². The molecule has 0 aliphatic rings. The highest BCUT2D eigenvalue weighted by Crippen LogP contribution is 2.24. The summed E-state index contributed by atoms with van der Waals surface area (Å²) in [6, 6.07) is 0.924. The zero-order valence-electron chi connectivity index (χ0n) is 7.70. The Morgan fingerprint density at radius 2 is 1.93 bits per heavy atom. The van der Waals surface area contributed by atoms with Gasteiger partial charge in [0.15, 0.2) is 23.2 Å². The van der Waals surface area contributed by atoms with Gasteiger partial charge in [-0.2, -0.15) is 0 Å². The first-order valence-electron chi connectivity index (χ1n) is 3.99. The Hall–Kier alpha value is -0.880. The fourth-order valence-corrected chi connectivity index (χ4v) is 1.43. The molecule has 82 valence electrons. The van der Waals surface area contributed by atoms with Crippen LogP contribution in [-0.4, -0.2) is 19.4 Å². The van der Waals surface area contributed by atoms with Crippen LogP contribution in [0.5, 0.6) is 0 Å². The fraction of sp³-hybridized carbons (Fsp3) is 0.222. The molecule has 1 aromatic carbocycles. The first kappa shape index (κ1) is 12.2. The maximum absolute atomic E-state index is 13.1. The molecule has 15 heavy (non-hydrogen) atoms. The van der Waals surface area contributed by atoms with Crippen molar-refractivity contribution in [3.8, 4) is 0 Å². The number of rotatable bonds is 3. The fourth-order valence-electron chi connectivity index (χ4n) is 1.03. The lowest BCUT2D eigenvalue weighted by Crippen LogP contribution is -2.20. The first-order chi connectivity index (χ1) is 6.99. The summed E-state index contributed by atoms with van der Waals surface area (Å²) < 4.78 is 38.6. The number of ketones is 1. The lowest BCUT2D eigenvalue weighted by Gasteiger charge is -2.05. The normalized spacial score (nSPS) is 10.5. The van der Waals surface area contributed by atoms with E-state index >= 15 is 0 Å². The SMILES string of the molecule is CNCC(=O)c1cc(Br)c(F)c(F)c1F. The van der Waals surface area contributed by atoms with Crippen molar-refractivity contribution in [2.45, 2.75) is 0 Å². The maximum Gasteiger partial charge on any atom is 0.196 e. The Morgan fingerprint density at radius 3 is 2.47 bits per heavy atom. The summed E-state index contributed by atoms with van der Waals surface area (Å²) in [7, 11) is 1.49. The number of likely N-dealkylation sites (N-methyl/N-ethyl adjacent to an activating group) is 1. The molecule has 1 rings (SSSR count). The first-order valence-corrected chi connectivity index (χ1v) is 4.79. The third-order valence-corrected chi connectivity index (χ3v) is 2.32. The van der Waals surface area contributed by atoms with Gasteiger partial charge in [-0.25, -0.2) is 13.2 Å². The second-order valence-electron chi connectivity index (χ2n) is 2.80. The second-order valence-corrected chi connectivity index (χ2v) is 3.66. The summed E-state index contributed by atoms with van der Waals surface area (Å²) in [4.78, 5) is 11.3. The molecule has 0 bridgehead atoms. The van der Waals surface area contributed by atoms with Crippen LogP contribution in [0.4, 0.5) is 13.2 Å². The van der Waals surface area contributed by atoms with E-state index in [2.05, 4.69) is 21.2 Å². The number of halogens is 4. The minimum atomic E-state index is -1.65. The number of hydrogen-bond donors (Lipinski definition) is 1. The predicted molar refractivity (Wildman–Crippen MR) is 52.3 cm³/mol. The molecule has 0 saturated heterocycles. The van der Waals surface area contributed by atoms with Crippen molar-refractivity contribution in [2.24, 2.45) is 0 Å². The summed E-state index contributed by atoms with van der Waals surface area (Å²) in [5.41, 5.74) is -0.477. The number of carbonyl (C=O) groups excluding carboxylic acids is 1. The predicted octanol–water partition coefficient (Wildman–Crippen LogP) is 2.27. The zero-order chi connectivity index (χ0) is 11.6. The molecule has 2 nitrogen and oxygen atoms in total. The van der Waals surface area contributed by atoms with Crippen LogP contribution in [0, 0.1) is 17.5 Å². The average molecular weight is 282 g/mol. The molecule has 0 fully saturated rings. The minimum Gasteiger partial charge on any atom is -0.313 e. The zero-order valence-corrected chi connectivity index (χ0v) is 9.29. The molecule has 0 unspecified atom stereocenters. The Balaban J connectivity index is 3.26. The van der Waals surface area contributed by atoms with Gasteiger partial charge in [0, 0.05) is 0 Å². The van der Waals surface area contributed by atoms with E-state index < -0.39 is 28.8 Å². The number of Topliss-reactive ketones (excluding diaryl/α,β-unsaturated/α-hetero) is 1. The third kappa shape index (κ3) is 2.38. The van der Waals surface area contributed by atoms with Crippen LogP contribution >= 0.6 is 15.9 Å². The lowest BCUT2D eigenvalue weighted by molar-refractivity contribution is 0.0988. The summed E-state index contributed by atoms with van der Waals surface area (Å²) >= 11 is 2.70. The van der Waals surface area contributed by atoms with Crippen molar-refractivity contribution in [1.29, 1.82) is 0 Å².